The Morgan fingerprint density at radius 2 is 2.41 bits per heavy atom. The van der Waals surface area contributed by atoms with Crippen LogP contribution in [-0.2, 0) is 9.53 Å². The summed E-state index contributed by atoms with van der Waals surface area (Å²) in [6.45, 7) is 2.20. The number of aromatic nitrogens is 1. The molecule has 0 unspecified atom stereocenters. The van der Waals surface area contributed by atoms with E-state index in [0.717, 1.165) is 10.1 Å². The lowest BCUT2D eigenvalue weighted by atomic mass is 10.4. The van der Waals surface area contributed by atoms with Crippen molar-refractivity contribution in [3.63, 3.8) is 0 Å². The van der Waals surface area contributed by atoms with E-state index in [0.29, 0.717) is 6.61 Å². The normalized spacial score (nSPS) is 11.3. The van der Waals surface area contributed by atoms with Crippen molar-refractivity contribution in [1.29, 1.82) is 0 Å². The minimum absolute atomic E-state index is 0.217. The average molecular weight is 270 g/mol. The van der Waals surface area contributed by atoms with Crippen molar-refractivity contribution in [2.24, 2.45) is 4.99 Å². The molecule has 0 aromatic carbocycles. The summed E-state index contributed by atoms with van der Waals surface area (Å²) in [5.74, 6) is 0.0683. The van der Waals surface area contributed by atoms with Crippen LogP contribution in [0.4, 0.5) is 5.69 Å². The van der Waals surface area contributed by atoms with Crippen LogP contribution in [0.25, 0.3) is 0 Å². The molecule has 0 aliphatic heterocycles. The Morgan fingerprint density at radius 1 is 1.59 bits per heavy atom. The molecule has 0 spiro atoms. The standard InChI is InChI=1S/C11H14N2O2S2/c1-3-15-10(14)8-17-11(16-2)13-9-5-4-6-12-7-9/h4-7H,3,8H2,1-2H3. The fraction of sp³-hybridized carbons (Fsp3) is 0.364. The maximum atomic E-state index is 11.2. The lowest BCUT2D eigenvalue weighted by molar-refractivity contribution is -0.139. The predicted molar refractivity (Wildman–Crippen MR) is 73.9 cm³/mol. The highest BCUT2D eigenvalue weighted by atomic mass is 32.2. The predicted octanol–water partition coefficient (Wildman–Crippen LogP) is 2.73. The molecule has 0 aliphatic carbocycles. The Bertz CT molecular complexity index is 382. The second kappa shape index (κ2) is 8.14. The van der Waals surface area contributed by atoms with Crippen LogP contribution in [0, 0.1) is 0 Å². The first-order chi connectivity index (χ1) is 8.26. The Labute approximate surface area is 109 Å². The summed E-state index contributed by atoms with van der Waals surface area (Å²) in [6.07, 6.45) is 5.30. The molecule has 0 radical (unpaired) electrons. The highest BCUT2D eigenvalue weighted by Crippen LogP contribution is 2.20. The summed E-state index contributed by atoms with van der Waals surface area (Å²) in [6, 6.07) is 3.70. The number of rotatable bonds is 4. The summed E-state index contributed by atoms with van der Waals surface area (Å²) in [5.41, 5.74) is 0.785. The summed E-state index contributed by atoms with van der Waals surface area (Å²) in [5, 5.41) is 0. The minimum Gasteiger partial charge on any atom is -0.465 e. The Morgan fingerprint density at radius 3 is 3.00 bits per heavy atom. The van der Waals surface area contributed by atoms with Crippen molar-refractivity contribution in [3.05, 3.63) is 24.5 Å². The van der Waals surface area contributed by atoms with E-state index in [1.807, 2.05) is 18.4 Å². The number of hydrogen-bond acceptors (Lipinski definition) is 6. The van der Waals surface area contributed by atoms with E-state index in [1.165, 1.54) is 23.5 Å². The van der Waals surface area contributed by atoms with Gasteiger partial charge in [0.15, 0.2) is 0 Å². The van der Waals surface area contributed by atoms with Crippen LogP contribution in [0.3, 0.4) is 0 Å². The number of thioether (sulfide) groups is 2. The van der Waals surface area contributed by atoms with Crippen LogP contribution in [0.1, 0.15) is 6.92 Å². The van der Waals surface area contributed by atoms with Gasteiger partial charge in [-0.25, -0.2) is 4.99 Å². The largest absolute Gasteiger partial charge is 0.465 e. The lowest BCUT2D eigenvalue weighted by Gasteiger charge is -2.03. The molecule has 4 nitrogen and oxygen atoms in total. The molecule has 0 N–H and O–H groups in total. The van der Waals surface area contributed by atoms with Gasteiger partial charge in [-0.1, -0.05) is 11.8 Å². The number of hydrogen-bond donors (Lipinski definition) is 0. The van der Waals surface area contributed by atoms with E-state index in [2.05, 4.69) is 9.98 Å². The van der Waals surface area contributed by atoms with Gasteiger partial charge in [0.1, 0.15) is 4.38 Å². The zero-order chi connectivity index (χ0) is 12.5. The van der Waals surface area contributed by atoms with Gasteiger partial charge < -0.3 is 4.74 Å². The number of carbonyl (C=O) groups is 1. The number of carbonyl (C=O) groups excluding carboxylic acids is 1. The molecule has 1 aromatic rings. The third-order valence-electron chi connectivity index (χ3n) is 1.66. The van der Waals surface area contributed by atoms with Gasteiger partial charge in [0.25, 0.3) is 0 Å². The van der Waals surface area contributed by atoms with E-state index >= 15 is 0 Å². The first-order valence-corrected chi connectivity index (χ1v) is 7.28. The second-order valence-corrected chi connectivity index (χ2v) is 4.90. The van der Waals surface area contributed by atoms with E-state index in [1.54, 1.807) is 19.3 Å². The number of aliphatic imine (C=N–C) groups is 1. The molecule has 0 amide bonds. The topological polar surface area (TPSA) is 51.5 Å². The lowest BCUT2D eigenvalue weighted by Crippen LogP contribution is -2.07. The molecule has 1 heterocycles. The molecular formula is C11H14N2O2S2. The fourth-order valence-corrected chi connectivity index (χ4v) is 2.32. The Balaban J connectivity index is 2.54. The van der Waals surface area contributed by atoms with Gasteiger partial charge in [0.05, 0.1) is 24.2 Å². The van der Waals surface area contributed by atoms with E-state index < -0.39 is 0 Å². The summed E-state index contributed by atoms with van der Waals surface area (Å²) < 4.78 is 5.68. The quantitative estimate of drug-likeness (QED) is 0.478. The molecule has 0 aliphatic rings. The van der Waals surface area contributed by atoms with Crippen LogP contribution in [0.15, 0.2) is 29.5 Å². The molecule has 1 aromatic heterocycles. The molecule has 0 fully saturated rings. The zero-order valence-electron chi connectivity index (χ0n) is 9.75. The van der Waals surface area contributed by atoms with Gasteiger partial charge in [0, 0.05) is 6.20 Å². The second-order valence-electron chi connectivity index (χ2n) is 2.89. The third kappa shape index (κ3) is 5.74. The molecule has 6 heteroatoms. The van der Waals surface area contributed by atoms with Gasteiger partial charge in [0.2, 0.25) is 0 Å². The highest BCUT2D eigenvalue weighted by Gasteiger charge is 2.06. The number of nitrogens with zero attached hydrogens (tertiary/aromatic N) is 2. The summed E-state index contributed by atoms with van der Waals surface area (Å²) in [4.78, 5) is 19.6. The van der Waals surface area contributed by atoms with Crippen molar-refractivity contribution in [2.75, 3.05) is 18.6 Å². The van der Waals surface area contributed by atoms with Crippen LogP contribution in [0.2, 0.25) is 0 Å². The maximum absolute atomic E-state index is 11.2. The van der Waals surface area contributed by atoms with Gasteiger partial charge in [-0.2, -0.15) is 0 Å². The first kappa shape index (κ1) is 14.1. The molecule has 1 rings (SSSR count). The van der Waals surface area contributed by atoms with Crippen LogP contribution >= 0.6 is 23.5 Å². The van der Waals surface area contributed by atoms with Crippen molar-refractivity contribution in [2.45, 2.75) is 6.92 Å². The average Bonchev–Trinajstić information content (AvgIpc) is 2.36. The third-order valence-corrected chi connectivity index (χ3v) is 3.67. The smallest absolute Gasteiger partial charge is 0.316 e. The SMILES string of the molecule is CCOC(=O)CSC(=Nc1cccnc1)SC. The zero-order valence-corrected chi connectivity index (χ0v) is 11.4. The summed E-state index contributed by atoms with van der Waals surface area (Å²) >= 11 is 2.88. The summed E-state index contributed by atoms with van der Waals surface area (Å²) in [7, 11) is 0. The first-order valence-electron chi connectivity index (χ1n) is 5.07. The van der Waals surface area contributed by atoms with Crippen molar-refractivity contribution >= 4 is 39.6 Å². The van der Waals surface area contributed by atoms with Gasteiger partial charge in [-0.3, -0.25) is 9.78 Å². The monoisotopic (exact) mass is 270 g/mol. The molecule has 92 valence electrons. The fourth-order valence-electron chi connectivity index (χ4n) is 0.985. The maximum Gasteiger partial charge on any atom is 0.316 e. The van der Waals surface area contributed by atoms with E-state index in [-0.39, 0.29) is 11.7 Å². The molecule has 0 saturated heterocycles. The number of esters is 1. The Hall–Kier alpha value is -1.01. The molecular weight excluding hydrogens is 256 g/mol. The van der Waals surface area contributed by atoms with Crippen LogP contribution in [-0.4, -0.2) is 33.9 Å². The molecule has 0 saturated carbocycles. The van der Waals surface area contributed by atoms with Gasteiger partial charge >= 0.3 is 5.97 Å². The van der Waals surface area contributed by atoms with Crippen LogP contribution < -0.4 is 0 Å². The van der Waals surface area contributed by atoms with Crippen LogP contribution in [0.5, 0.6) is 0 Å². The van der Waals surface area contributed by atoms with E-state index in [4.69, 9.17) is 4.74 Å². The molecule has 17 heavy (non-hydrogen) atoms. The Kier molecular flexibility index (Phi) is 6.73. The van der Waals surface area contributed by atoms with Crippen molar-refractivity contribution < 1.29 is 9.53 Å². The van der Waals surface area contributed by atoms with Gasteiger partial charge in [-0.05, 0) is 25.3 Å². The molecule has 0 atom stereocenters. The number of ether oxygens (including phenoxy) is 1. The minimum atomic E-state index is -0.217. The van der Waals surface area contributed by atoms with Crippen molar-refractivity contribution in [3.8, 4) is 0 Å². The van der Waals surface area contributed by atoms with E-state index in [9.17, 15) is 4.79 Å². The number of pyridine rings is 1. The van der Waals surface area contributed by atoms with Gasteiger partial charge in [-0.15, -0.1) is 11.8 Å². The highest BCUT2D eigenvalue weighted by molar-refractivity contribution is 8.38. The van der Waals surface area contributed by atoms with Crippen molar-refractivity contribution in [1.82, 2.24) is 4.98 Å². The molecule has 0 bridgehead atoms.